The number of furan rings is 1. The summed E-state index contributed by atoms with van der Waals surface area (Å²) in [6.07, 6.45) is 4.96. The summed E-state index contributed by atoms with van der Waals surface area (Å²) in [5.41, 5.74) is 2.84. The average Bonchev–Trinajstić information content (AvgIpc) is 3.21. The molecule has 1 amide bonds. The van der Waals surface area contributed by atoms with E-state index in [9.17, 15) is 10.1 Å². The number of ether oxygens (including phenoxy) is 2. The number of hydrogen-bond acceptors (Lipinski definition) is 6. The van der Waals surface area contributed by atoms with Gasteiger partial charge in [-0.1, -0.05) is 13.3 Å². The second-order valence-corrected chi connectivity index (χ2v) is 7.78. The zero-order chi connectivity index (χ0) is 20.9. The predicted molar refractivity (Wildman–Crippen MR) is 106 cm³/mol. The highest BCUT2D eigenvalue weighted by Crippen LogP contribution is 2.35. The van der Waals surface area contributed by atoms with E-state index in [1.165, 1.54) is 0 Å². The quantitative estimate of drug-likeness (QED) is 0.733. The third-order valence-corrected chi connectivity index (χ3v) is 4.93. The van der Waals surface area contributed by atoms with E-state index in [2.05, 4.69) is 23.3 Å². The summed E-state index contributed by atoms with van der Waals surface area (Å²) in [5, 5.41) is 12.5. The number of unbranched alkanes of at least 4 members (excludes halogenated alkanes) is 1. The van der Waals surface area contributed by atoms with E-state index in [0.29, 0.717) is 24.4 Å². The normalized spacial score (nSPS) is 14.7. The molecule has 1 aliphatic rings. The Balaban J connectivity index is 1.79. The van der Waals surface area contributed by atoms with Crippen LogP contribution in [0.2, 0.25) is 0 Å². The van der Waals surface area contributed by atoms with E-state index >= 15 is 0 Å². The number of carbonyl (C=O) groups excluding carboxylic acids is 1. The first-order chi connectivity index (χ1) is 13.9. The minimum atomic E-state index is -0.361. The Morgan fingerprint density at radius 3 is 2.93 bits per heavy atom. The highest BCUT2D eigenvalue weighted by molar-refractivity contribution is 5.77. The molecule has 29 heavy (non-hydrogen) atoms. The third kappa shape index (κ3) is 5.15. The fourth-order valence-electron chi connectivity index (χ4n) is 3.36. The van der Waals surface area contributed by atoms with E-state index in [4.69, 9.17) is 13.9 Å². The molecule has 0 aliphatic carbocycles. The molecular formula is C22H27N3O4. The van der Waals surface area contributed by atoms with Crippen molar-refractivity contribution in [2.24, 2.45) is 0 Å². The van der Waals surface area contributed by atoms with Crippen LogP contribution in [0.5, 0.6) is 5.88 Å². The average molecular weight is 397 g/mol. The molecule has 3 heterocycles. The van der Waals surface area contributed by atoms with Crippen LogP contribution < -0.4 is 10.1 Å². The van der Waals surface area contributed by atoms with Gasteiger partial charge in [0.2, 0.25) is 5.88 Å². The molecule has 0 aromatic carbocycles. The Kier molecular flexibility index (Phi) is 6.55. The number of nitrogens with one attached hydrogen (secondary N) is 1. The molecule has 2 aromatic heterocycles. The molecule has 154 valence electrons. The summed E-state index contributed by atoms with van der Waals surface area (Å²) in [5.74, 6) is 0.582. The molecule has 0 radical (unpaired) electrons. The molecule has 7 nitrogen and oxygen atoms in total. The zero-order valence-corrected chi connectivity index (χ0v) is 17.2. The molecule has 3 rings (SSSR count). The first-order valence-electron chi connectivity index (χ1n) is 9.94. The number of amides is 1. The minimum Gasteiger partial charge on any atom is -0.467 e. The summed E-state index contributed by atoms with van der Waals surface area (Å²) in [4.78, 5) is 16.8. The second-order valence-electron chi connectivity index (χ2n) is 7.78. The molecule has 0 atom stereocenters. The molecule has 2 aromatic rings. The summed E-state index contributed by atoms with van der Waals surface area (Å²) in [6, 6.07) is 5.78. The summed E-state index contributed by atoms with van der Waals surface area (Å²) < 4.78 is 16.8. The van der Waals surface area contributed by atoms with Gasteiger partial charge in [0.1, 0.15) is 17.4 Å². The van der Waals surface area contributed by atoms with Gasteiger partial charge >= 0.3 is 0 Å². The molecule has 1 aliphatic heterocycles. The van der Waals surface area contributed by atoms with Gasteiger partial charge in [0, 0.05) is 12.0 Å². The van der Waals surface area contributed by atoms with Gasteiger partial charge in [-0.15, -0.1) is 0 Å². The molecular weight excluding hydrogens is 370 g/mol. The van der Waals surface area contributed by atoms with Crippen molar-refractivity contribution in [3.05, 3.63) is 46.5 Å². The van der Waals surface area contributed by atoms with Crippen LogP contribution in [0.1, 0.15) is 61.8 Å². The van der Waals surface area contributed by atoms with Crippen molar-refractivity contribution >= 4 is 5.91 Å². The van der Waals surface area contributed by atoms with Gasteiger partial charge in [0.15, 0.2) is 6.61 Å². The number of fused-ring (bicyclic) bond motifs is 1. The van der Waals surface area contributed by atoms with Crippen LogP contribution in [-0.4, -0.2) is 23.1 Å². The van der Waals surface area contributed by atoms with Gasteiger partial charge in [-0.2, -0.15) is 5.26 Å². The largest absolute Gasteiger partial charge is 0.467 e. The van der Waals surface area contributed by atoms with E-state index in [1.807, 2.05) is 13.8 Å². The number of rotatable bonds is 8. The Hall–Kier alpha value is -2.85. The number of pyridine rings is 1. The van der Waals surface area contributed by atoms with Crippen molar-refractivity contribution in [3.63, 3.8) is 0 Å². The standard InChI is InChI=1S/C22H27N3O4/c1-4-5-8-19-18-13-29-22(2,3)10-16(18)17(11-23)21(25-19)28-14-20(26)24-12-15-7-6-9-27-15/h6-7,9H,4-5,8,10,12-14H2,1-3H3,(H,24,26). The maximum Gasteiger partial charge on any atom is 0.258 e. The maximum atomic E-state index is 12.2. The van der Waals surface area contributed by atoms with E-state index in [-0.39, 0.29) is 30.5 Å². The smallest absolute Gasteiger partial charge is 0.258 e. The predicted octanol–water partition coefficient (Wildman–Crippen LogP) is 3.44. The zero-order valence-electron chi connectivity index (χ0n) is 17.2. The van der Waals surface area contributed by atoms with Crippen molar-refractivity contribution in [1.82, 2.24) is 10.3 Å². The highest BCUT2D eigenvalue weighted by Gasteiger charge is 2.32. The fourth-order valence-corrected chi connectivity index (χ4v) is 3.36. The molecule has 0 unspecified atom stereocenters. The van der Waals surface area contributed by atoms with Crippen molar-refractivity contribution in [2.75, 3.05) is 6.61 Å². The Morgan fingerprint density at radius 1 is 1.41 bits per heavy atom. The van der Waals surface area contributed by atoms with Crippen LogP contribution in [-0.2, 0) is 35.5 Å². The number of aryl methyl sites for hydroxylation is 1. The van der Waals surface area contributed by atoms with E-state index in [1.54, 1.807) is 18.4 Å². The molecule has 1 N–H and O–H groups in total. The monoisotopic (exact) mass is 397 g/mol. The number of nitriles is 1. The third-order valence-electron chi connectivity index (χ3n) is 4.93. The van der Waals surface area contributed by atoms with Crippen LogP contribution in [0.4, 0.5) is 0 Å². The van der Waals surface area contributed by atoms with E-state index in [0.717, 1.165) is 36.1 Å². The first kappa shape index (κ1) is 20.9. The molecule has 0 saturated carbocycles. The fraction of sp³-hybridized carbons (Fsp3) is 0.500. The lowest BCUT2D eigenvalue weighted by molar-refractivity contribution is -0.123. The lowest BCUT2D eigenvalue weighted by Gasteiger charge is -2.33. The highest BCUT2D eigenvalue weighted by atomic mass is 16.5. The molecule has 0 fully saturated rings. The van der Waals surface area contributed by atoms with Crippen LogP contribution in [0.15, 0.2) is 22.8 Å². The van der Waals surface area contributed by atoms with Crippen LogP contribution in [0.3, 0.4) is 0 Å². The molecule has 0 saturated heterocycles. The Labute approximate surface area is 171 Å². The van der Waals surface area contributed by atoms with Gasteiger partial charge < -0.3 is 19.2 Å². The Morgan fingerprint density at radius 2 is 2.24 bits per heavy atom. The van der Waals surface area contributed by atoms with Gasteiger partial charge in [-0.3, -0.25) is 4.79 Å². The van der Waals surface area contributed by atoms with Crippen molar-refractivity contribution in [1.29, 1.82) is 5.26 Å². The lowest BCUT2D eigenvalue weighted by atomic mass is 9.87. The van der Waals surface area contributed by atoms with Gasteiger partial charge in [0.25, 0.3) is 5.91 Å². The van der Waals surface area contributed by atoms with Gasteiger partial charge in [-0.05, 0) is 44.4 Å². The number of aromatic nitrogens is 1. The maximum absolute atomic E-state index is 12.2. The molecule has 0 bridgehead atoms. The summed E-state index contributed by atoms with van der Waals surface area (Å²) >= 11 is 0. The van der Waals surface area contributed by atoms with Crippen LogP contribution in [0, 0.1) is 11.3 Å². The van der Waals surface area contributed by atoms with Crippen molar-refractivity contribution in [2.45, 2.75) is 65.2 Å². The number of nitrogens with zero attached hydrogens (tertiary/aromatic N) is 2. The summed E-state index contributed by atoms with van der Waals surface area (Å²) in [6.45, 7) is 6.64. The molecule has 0 spiro atoms. The van der Waals surface area contributed by atoms with Gasteiger partial charge in [-0.25, -0.2) is 4.98 Å². The minimum absolute atomic E-state index is 0.214. The Bertz CT molecular complexity index is 898. The number of hydrogen-bond donors (Lipinski definition) is 1. The lowest BCUT2D eigenvalue weighted by Crippen LogP contribution is -2.34. The van der Waals surface area contributed by atoms with Crippen LogP contribution >= 0.6 is 0 Å². The number of carbonyl (C=O) groups is 1. The molecule has 7 heteroatoms. The van der Waals surface area contributed by atoms with Crippen molar-refractivity contribution < 1.29 is 18.7 Å². The summed E-state index contributed by atoms with van der Waals surface area (Å²) in [7, 11) is 0. The van der Waals surface area contributed by atoms with Crippen molar-refractivity contribution in [3.8, 4) is 11.9 Å². The van der Waals surface area contributed by atoms with E-state index < -0.39 is 0 Å². The van der Waals surface area contributed by atoms with Gasteiger partial charge in [0.05, 0.1) is 30.7 Å². The SMILES string of the molecule is CCCCc1nc(OCC(=O)NCc2ccco2)c(C#N)c2c1COC(C)(C)C2. The first-order valence-corrected chi connectivity index (χ1v) is 9.94. The van der Waals surface area contributed by atoms with Crippen LogP contribution in [0.25, 0.3) is 0 Å². The second kappa shape index (κ2) is 9.10. The topological polar surface area (TPSA) is 97.4 Å².